The summed E-state index contributed by atoms with van der Waals surface area (Å²) in [4.78, 5) is 26.0. The van der Waals surface area contributed by atoms with E-state index in [1.165, 1.54) is 0 Å². The predicted octanol–water partition coefficient (Wildman–Crippen LogP) is 2.62. The zero-order valence-electron chi connectivity index (χ0n) is 12.3. The zero-order valence-corrected chi connectivity index (χ0v) is 13.2. The summed E-state index contributed by atoms with van der Waals surface area (Å²) in [5.74, 6) is 0.210. The molecule has 0 aliphatic heterocycles. The van der Waals surface area contributed by atoms with Crippen LogP contribution in [-0.4, -0.2) is 31.2 Å². The van der Waals surface area contributed by atoms with E-state index >= 15 is 0 Å². The summed E-state index contributed by atoms with van der Waals surface area (Å²) < 4.78 is 0. The summed E-state index contributed by atoms with van der Waals surface area (Å²) >= 11 is 4.05. The summed E-state index contributed by atoms with van der Waals surface area (Å²) in [5, 5.41) is 2.74. The first-order valence-corrected chi connectivity index (χ1v) is 7.59. The largest absolute Gasteiger partial charge is 0.351 e. The lowest BCUT2D eigenvalue weighted by molar-refractivity contribution is 0.0956. The number of thiol groups is 1. The van der Waals surface area contributed by atoms with Crippen LogP contribution in [0.15, 0.2) is 54.6 Å². The van der Waals surface area contributed by atoms with Gasteiger partial charge in [-0.3, -0.25) is 9.59 Å². The normalized spacial score (nSPS) is 10.1. The van der Waals surface area contributed by atoms with Gasteiger partial charge in [-0.05, 0) is 30.3 Å². The maximum atomic E-state index is 12.5. The maximum Gasteiger partial charge on any atom is 0.258 e. The smallest absolute Gasteiger partial charge is 0.258 e. The number of amides is 2. The van der Waals surface area contributed by atoms with E-state index in [4.69, 9.17) is 0 Å². The number of carbonyl (C=O) groups excluding carboxylic acids is 2. The van der Waals surface area contributed by atoms with Gasteiger partial charge in [0.05, 0.1) is 0 Å². The van der Waals surface area contributed by atoms with Crippen LogP contribution in [0.25, 0.3) is 0 Å². The van der Waals surface area contributed by atoms with Crippen molar-refractivity contribution in [3.05, 3.63) is 65.7 Å². The van der Waals surface area contributed by atoms with Crippen molar-refractivity contribution >= 4 is 30.1 Å². The van der Waals surface area contributed by atoms with Crippen LogP contribution in [0.1, 0.15) is 20.7 Å². The Morgan fingerprint density at radius 2 is 1.73 bits per heavy atom. The monoisotopic (exact) mass is 314 g/mol. The fourth-order valence-electron chi connectivity index (χ4n) is 2.03. The Bertz CT molecular complexity index is 659. The van der Waals surface area contributed by atoms with Crippen LogP contribution >= 0.6 is 12.6 Å². The Kier molecular flexibility index (Phi) is 5.61. The summed E-state index contributed by atoms with van der Waals surface area (Å²) in [6.45, 7) is 0.490. The van der Waals surface area contributed by atoms with Gasteiger partial charge in [0.2, 0.25) is 0 Å². The molecule has 2 amide bonds. The molecular weight excluding hydrogens is 296 g/mol. The highest BCUT2D eigenvalue weighted by molar-refractivity contribution is 7.80. The SMILES string of the molecule is CN(C(=O)c1cccc(C(=O)NCCS)c1)c1ccccc1. The highest BCUT2D eigenvalue weighted by Gasteiger charge is 2.15. The fraction of sp³-hybridized carbons (Fsp3) is 0.176. The molecule has 0 radical (unpaired) electrons. The van der Waals surface area contributed by atoms with Gasteiger partial charge in [-0.2, -0.15) is 12.6 Å². The minimum atomic E-state index is -0.203. The molecule has 0 saturated carbocycles. The molecule has 114 valence electrons. The van der Waals surface area contributed by atoms with Crippen molar-refractivity contribution in [3.8, 4) is 0 Å². The number of carbonyl (C=O) groups is 2. The molecule has 0 bridgehead atoms. The summed E-state index contributed by atoms with van der Waals surface area (Å²) in [5.41, 5.74) is 1.75. The molecule has 1 N–H and O–H groups in total. The molecule has 0 aliphatic rings. The van der Waals surface area contributed by atoms with Crippen molar-refractivity contribution in [2.45, 2.75) is 0 Å². The second-order valence-electron chi connectivity index (χ2n) is 4.76. The second-order valence-corrected chi connectivity index (χ2v) is 5.21. The molecule has 5 heteroatoms. The van der Waals surface area contributed by atoms with Crippen LogP contribution < -0.4 is 10.2 Å². The predicted molar refractivity (Wildman–Crippen MR) is 91.8 cm³/mol. The number of rotatable bonds is 5. The lowest BCUT2D eigenvalue weighted by Gasteiger charge is -2.17. The molecule has 0 aromatic heterocycles. The molecule has 0 saturated heterocycles. The van der Waals surface area contributed by atoms with Crippen LogP contribution in [0.5, 0.6) is 0 Å². The van der Waals surface area contributed by atoms with E-state index in [1.807, 2.05) is 30.3 Å². The number of para-hydroxylation sites is 1. The van der Waals surface area contributed by atoms with E-state index in [9.17, 15) is 9.59 Å². The lowest BCUT2D eigenvalue weighted by Crippen LogP contribution is -2.28. The Labute approximate surface area is 135 Å². The molecule has 0 spiro atoms. The van der Waals surface area contributed by atoms with Gasteiger partial charge >= 0.3 is 0 Å². The Hall–Kier alpha value is -2.27. The van der Waals surface area contributed by atoms with E-state index in [0.717, 1.165) is 5.69 Å². The Balaban J connectivity index is 2.18. The number of hydrogen-bond acceptors (Lipinski definition) is 3. The summed E-state index contributed by atoms with van der Waals surface area (Å²) in [6, 6.07) is 16.1. The van der Waals surface area contributed by atoms with E-state index in [1.54, 1.807) is 36.2 Å². The van der Waals surface area contributed by atoms with Gasteiger partial charge in [0, 0.05) is 36.2 Å². The first-order valence-electron chi connectivity index (χ1n) is 6.95. The topological polar surface area (TPSA) is 49.4 Å². The van der Waals surface area contributed by atoms with Crippen molar-refractivity contribution in [3.63, 3.8) is 0 Å². The van der Waals surface area contributed by atoms with E-state index < -0.39 is 0 Å². The van der Waals surface area contributed by atoms with Gasteiger partial charge < -0.3 is 10.2 Å². The van der Waals surface area contributed by atoms with Gasteiger partial charge in [0.15, 0.2) is 0 Å². The molecule has 4 nitrogen and oxygen atoms in total. The van der Waals surface area contributed by atoms with E-state index in [-0.39, 0.29) is 11.8 Å². The van der Waals surface area contributed by atoms with Crippen LogP contribution in [0, 0.1) is 0 Å². The molecule has 0 atom stereocenters. The molecule has 2 aromatic rings. The van der Waals surface area contributed by atoms with Crippen molar-refractivity contribution < 1.29 is 9.59 Å². The van der Waals surface area contributed by atoms with Crippen LogP contribution in [0.2, 0.25) is 0 Å². The van der Waals surface area contributed by atoms with Gasteiger partial charge in [-0.1, -0.05) is 24.3 Å². The molecule has 2 rings (SSSR count). The third-order valence-electron chi connectivity index (χ3n) is 3.22. The second kappa shape index (κ2) is 7.66. The maximum absolute atomic E-state index is 12.5. The first-order chi connectivity index (χ1) is 10.6. The molecule has 0 aliphatic carbocycles. The Morgan fingerprint density at radius 1 is 1.05 bits per heavy atom. The highest BCUT2D eigenvalue weighted by atomic mass is 32.1. The van der Waals surface area contributed by atoms with Crippen molar-refractivity contribution in [1.29, 1.82) is 0 Å². The van der Waals surface area contributed by atoms with E-state index in [0.29, 0.717) is 23.4 Å². The van der Waals surface area contributed by atoms with Gasteiger partial charge in [0.25, 0.3) is 11.8 Å². The average Bonchev–Trinajstić information content (AvgIpc) is 2.59. The number of benzene rings is 2. The minimum Gasteiger partial charge on any atom is -0.351 e. The van der Waals surface area contributed by atoms with Crippen LogP contribution in [-0.2, 0) is 0 Å². The highest BCUT2D eigenvalue weighted by Crippen LogP contribution is 2.15. The first kappa shape index (κ1) is 16.1. The minimum absolute atomic E-state index is 0.157. The number of anilines is 1. The summed E-state index contributed by atoms with van der Waals surface area (Å²) in [7, 11) is 1.71. The molecule has 0 heterocycles. The number of hydrogen-bond donors (Lipinski definition) is 2. The van der Waals surface area contributed by atoms with Crippen molar-refractivity contribution in [2.75, 3.05) is 24.2 Å². The van der Waals surface area contributed by atoms with Gasteiger partial charge in [0.1, 0.15) is 0 Å². The molecule has 2 aromatic carbocycles. The fourth-order valence-corrected chi connectivity index (χ4v) is 2.14. The Morgan fingerprint density at radius 3 is 2.41 bits per heavy atom. The quantitative estimate of drug-likeness (QED) is 0.834. The summed E-state index contributed by atoms with van der Waals surface area (Å²) in [6.07, 6.45) is 0. The van der Waals surface area contributed by atoms with Gasteiger partial charge in [-0.25, -0.2) is 0 Å². The number of nitrogens with one attached hydrogen (secondary N) is 1. The standard InChI is InChI=1S/C17H18N2O2S/c1-19(15-8-3-2-4-9-15)17(21)14-7-5-6-13(12-14)16(20)18-10-11-22/h2-9,12,22H,10-11H2,1H3,(H,18,20). The number of nitrogens with zero attached hydrogens (tertiary/aromatic N) is 1. The van der Waals surface area contributed by atoms with Crippen molar-refractivity contribution in [2.24, 2.45) is 0 Å². The molecule has 0 fully saturated rings. The zero-order chi connectivity index (χ0) is 15.9. The van der Waals surface area contributed by atoms with E-state index in [2.05, 4.69) is 17.9 Å². The van der Waals surface area contributed by atoms with Crippen molar-refractivity contribution in [1.82, 2.24) is 5.32 Å². The van der Waals surface area contributed by atoms with Crippen LogP contribution in [0.4, 0.5) is 5.69 Å². The van der Waals surface area contributed by atoms with Gasteiger partial charge in [-0.15, -0.1) is 0 Å². The molecule has 0 unspecified atom stereocenters. The molecule has 22 heavy (non-hydrogen) atoms. The molecular formula is C17H18N2O2S. The third-order valence-corrected chi connectivity index (χ3v) is 3.44. The lowest BCUT2D eigenvalue weighted by atomic mass is 10.1. The van der Waals surface area contributed by atoms with Crippen LogP contribution in [0.3, 0.4) is 0 Å². The average molecular weight is 314 g/mol. The third kappa shape index (κ3) is 3.89.